The molecule has 202 valence electrons. The topological polar surface area (TPSA) is 76.1 Å². The third-order valence-corrected chi connectivity index (χ3v) is 12.0. The van der Waals surface area contributed by atoms with Crippen molar-refractivity contribution < 1.29 is 23.9 Å². The summed E-state index contributed by atoms with van der Waals surface area (Å²) in [7, 11) is -2.18. The normalized spacial score (nSPS) is 19.5. The fraction of sp³-hybridized carbons (Fsp3) is 0.533. The van der Waals surface area contributed by atoms with Crippen LogP contribution >= 0.6 is 0 Å². The Morgan fingerprint density at radius 1 is 0.973 bits per heavy atom. The van der Waals surface area contributed by atoms with E-state index in [2.05, 4.69) is 46.0 Å². The monoisotopic (exact) mass is 525 g/mol. The molecule has 0 radical (unpaired) electrons. The molecule has 0 bridgehead atoms. The minimum atomic E-state index is -2.18. The predicted octanol–water partition coefficient (Wildman–Crippen LogP) is 7.46. The Kier molecular flexibility index (Phi) is 8.59. The average Bonchev–Trinajstić information content (AvgIpc) is 3.20. The summed E-state index contributed by atoms with van der Waals surface area (Å²) >= 11 is 0. The number of carboxylic acid groups (broad SMARTS) is 1. The van der Waals surface area contributed by atoms with Gasteiger partial charge in [0.15, 0.2) is 8.32 Å². The Balaban J connectivity index is 1.99. The molecule has 1 amide bonds. The van der Waals surface area contributed by atoms with Crippen molar-refractivity contribution in [3.63, 3.8) is 0 Å². The van der Waals surface area contributed by atoms with Crippen molar-refractivity contribution in [2.24, 2.45) is 0 Å². The summed E-state index contributed by atoms with van der Waals surface area (Å²) in [6.45, 7) is 16.8. The number of carboxylic acids is 1. The third-order valence-electron chi connectivity index (χ3n) is 7.53. The van der Waals surface area contributed by atoms with Crippen LogP contribution in [0.1, 0.15) is 82.0 Å². The van der Waals surface area contributed by atoms with Crippen LogP contribution in [-0.4, -0.2) is 48.1 Å². The molecule has 1 saturated heterocycles. The molecule has 0 aliphatic carbocycles. The lowest BCUT2D eigenvalue weighted by molar-refractivity contribution is -0.00239. The van der Waals surface area contributed by atoms with Crippen LogP contribution in [0.3, 0.4) is 0 Å². The first-order valence-electron chi connectivity index (χ1n) is 13.2. The second-order valence-electron chi connectivity index (χ2n) is 12.6. The second kappa shape index (κ2) is 11.0. The molecule has 7 heteroatoms. The van der Waals surface area contributed by atoms with E-state index in [0.717, 1.165) is 24.0 Å². The van der Waals surface area contributed by atoms with Gasteiger partial charge in [-0.15, -0.1) is 0 Å². The van der Waals surface area contributed by atoms with Crippen LogP contribution in [0.5, 0.6) is 0 Å². The van der Waals surface area contributed by atoms with E-state index in [0.29, 0.717) is 6.42 Å². The van der Waals surface area contributed by atoms with Gasteiger partial charge in [0.25, 0.3) is 0 Å². The molecule has 1 aliphatic rings. The number of hydrogen-bond acceptors (Lipinski definition) is 4. The molecule has 1 fully saturated rings. The molecular formula is C30H43NO5Si. The smallest absolute Gasteiger partial charge is 0.410 e. The number of carbonyl (C=O) groups is 2. The van der Waals surface area contributed by atoms with Crippen molar-refractivity contribution in [2.45, 2.75) is 103 Å². The van der Waals surface area contributed by atoms with E-state index in [1.807, 2.05) is 56.0 Å². The van der Waals surface area contributed by atoms with E-state index in [4.69, 9.17) is 9.16 Å². The van der Waals surface area contributed by atoms with Crippen molar-refractivity contribution >= 4 is 20.4 Å². The number of likely N-dealkylation sites (tertiary alicyclic amines) is 1. The summed E-state index contributed by atoms with van der Waals surface area (Å²) in [6.07, 6.45) is 1.63. The van der Waals surface area contributed by atoms with Gasteiger partial charge in [0.1, 0.15) is 5.60 Å². The van der Waals surface area contributed by atoms with E-state index in [1.165, 1.54) is 0 Å². The SMILES string of the molecule is CC(C)(C)OC(=O)N1C(Cc2ccc(C(=O)O)cc2)CC[C@H]1[C@H](O[Si](C)(C)C(C)(C)C)c1ccccc1. The highest BCUT2D eigenvalue weighted by molar-refractivity contribution is 6.74. The number of nitrogens with zero attached hydrogens (tertiary/aromatic N) is 1. The van der Waals surface area contributed by atoms with E-state index >= 15 is 0 Å². The largest absolute Gasteiger partial charge is 0.478 e. The van der Waals surface area contributed by atoms with Crippen LogP contribution in [0.4, 0.5) is 4.79 Å². The summed E-state index contributed by atoms with van der Waals surface area (Å²) in [5.74, 6) is -0.948. The molecule has 1 aliphatic heterocycles. The van der Waals surface area contributed by atoms with Crippen LogP contribution in [0.2, 0.25) is 18.1 Å². The minimum absolute atomic E-state index is 0.0146. The zero-order valence-electron chi connectivity index (χ0n) is 23.6. The Morgan fingerprint density at radius 2 is 1.57 bits per heavy atom. The summed E-state index contributed by atoms with van der Waals surface area (Å²) < 4.78 is 13.0. The molecule has 0 spiro atoms. The highest BCUT2D eigenvalue weighted by Crippen LogP contribution is 2.44. The highest BCUT2D eigenvalue weighted by Gasteiger charge is 2.47. The van der Waals surface area contributed by atoms with Gasteiger partial charge in [-0.05, 0) is 81.4 Å². The summed E-state index contributed by atoms with van der Waals surface area (Å²) in [5, 5.41) is 9.27. The molecule has 3 rings (SSSR count). The fourth-order valence-corrected chi connectivity index (χ4v) is 5.85. The second-order valence-corrected chi connectivity index (χ2v) is 17.4. The van der Waals surface area contributed by atoms with E-state index in [1.54, 1.807) is 12.1 Å². The van der Waals surface area contributed by atoms with Gasteiger partial charge in [-0.1, -0.05) is 63.2 Å². The van der Waals surface area contributed by atoms with Gasteiger partial charge in [-0.3, -0.25) is 4.90 Å². The lowest BCUT2D eigenvalue weighted by Crippen LogP contribution is -2.50. The van der Waals surface area contributed by atoms with Crippen molar-refractivity contribution in [1.29, 1.82) is 0 Å². The lowest BCUT2D eigenvalue weighted by Gasteiger charge is -2.43. The number of benzene rings is 2. The number of carbonyl (C=O) groups excluding carboxylic acids is 1. The Hall–Kier alpha value is -2.64. The molecule has 1 heterocycles. The van der Waals surface area contributed by atoms with Crippen LogP contribution < -0.4 is 0 Å². The maximum absolute atomic E-state index is 13.7. The van der Waals surface area contributed by atoms with Crippen molar-refractivity contribution in [3.05, 3.63) is 71.3 Å². The molecule has 2 aromatic carbocycles. The number of hydrogen-bond donors (Lipinski definition) is 1. The van der Waals surface area contributed by atoms with E-state index in [9.17, 15) is 14.7 Å². The van der Waals surface area contributed by atoms with Crippen molar-refractivity contribution in [2.75, 3.05) is 0 Å². The lowest BCUT2D eigenvalue weighted by atomic mass is 10.0. The Bertz CT molecular complexity index is 1070. The maximum Gasteiger partial charge on any atom is 0.410 e. The van der Waals surface area contributed by atoms with Crippen LogP contribution in [0.15, 0.2) is 54.6 Å². The first kappa shape index (κ1) is 28.9. The van der Waals surface area contributed by atoms with Gasteiger partial charge in [-0.25, -0.2) is 9.59 Å². The van der Waals surface area contributed by atoms with Gasteiger partial charge in [0, 0.05) is 6.04 Å². The van der Waals surface area contributed by atoms with Crippen LogP contribution in [-0.2, 0) is 15.6 Å². The molecular weight excluding hydrogens is 482 g/mol. The number of ether oxygens (including phenoxy) is 1. The number of amides is 1. The Labute approximate surface area is 223 Å². The van der Waals surface area contributed by atoms with Crippen molar-refractivity contribution in [1.82, 2.24) is 4.90 Å². The molecule has 37 heavy (non-hydrogen) atoms. The molecule has 1 unspecified atom stereocenters. The third kappa shape index (κ3) is 7.23. The number of aromatic carboxylic acids is 1. The van der Waals surface area contributed by atoms with Crippen molar-refractivity contribution in [3.8, 4) is 0 Å². The van der Waals surface area contributed by atoms with Gasteiger partial charge >= 0.3 is 12.1 Å². The van der Waals surface area contributed by atoms with Gasteiger partial charge in [0.2, 0.25) is 0 Å². The summed E-state index contributed by atoms with van der Waals surface area (Å²) in [5.41, 5.74) is 1.69. The molecule has 1 N–H and O–H groups in total. The molecule has 0 aromatic heterocycles. The highest BCUT2D eigenvalue weighted by atomic mass is 28.4. The minimum Gasteiger partial charge on any atom is -0.478 e. The van der Waals surface area contributed by atoms with Gasteiger partial charge < -0.3 is 14.3 Å². The van der Waals surface area contributed by atoms with E-state index < -0.39 is 19.9 Å². The fourth-order valence-electron chi connectivity index (χ4n) is 4.57. The maximum atomic E-state index is 13.7. The van der Waals surface area contributed by atoms with Gasteiger partial charge in [-0.2, -0.15) is 0 Å². The van der Waals surface area contributed by atoms with Crippen LogP contribution in [0.25, 0.3) is 0 Å². The quantitative estimate of drug-likeness (QED) is 0.380. The molecule has 3 atom stereocenters. The molecule has 0 saturated carbocycles. The zero-order chi connectivity index (χ0) is 27.6. The molecule has 6 nitrogen and oxygen atoms in total. The Morgan fingerprint density at radius 3 is 2.08 bits per heavy atom. The summed E-state index contributed by atoms with van der Waals surface area (Å²) in [4.78, 5) is 26.9. The first-order valence-corrected chi connectivity index (χ1v) is 16.1. The first-order chi connectivity index (χ1) is 17.1. The molecule has 2 aromatic rings. The average molecular weight is 526 g/mol. The number of rotatable bonds is 7. The van der Waals surface area contributed by atoms with Crippen LogP contribution in [0, 0.1) is 0 Å². The zero-order valence-corrected chi connectivity index (χ0v) is 24.6. The summed E-state index contributed by atoms with van der Waals surface area (Å²) in [6, 6.07) is 16.9. The van der Waals surface area contributed by atoms with E-state index in [-0.39, 0.29) is 34.9 Å². The standard InChI is InChI=1S/C30H43NO5Si/c1-29(2,3)35-28(34)31-24(20-21-14-16-23(17-15-21)27(32)33)18-19-25(31)26(22-12-10-9-11-13-22)36-37(7,8)30(4,5)6/h9-17,24-26H,18-20H2,1-8H3,(H,32,33)/t24?,25-,26+/m0/s1. The predicted molar refractivity (Wildman–Crippen MR) is 149 cm³/mol. The van der Waals surface area contributed by atoms with Gasteiger partial charge in [0.05, 0.1) is 17.7 Å².